The summed E-state index contributed by atoms with van der Waals surface area (Å²) in [6, 6.07) is 13.6. The summed E-state index contributed by atoms with van der Waals surface area (Å²) >= 11 is 0. The van der Waals surface area contributed by atoms with Crippen molar-refractivity contribution < 1.29 is 18.7 Å². The summed E-state index contributed by atoms with van der Waals surface area (Å²) in [6.45, 7) is 0.729. The van der Waals surface area contributed by atoms with Crippen molar-refractivity contribution >= 4 is 17.5 Å². The van der Waals surface area contributed by atoms with E-state index in [1.54, 1.807) is 30.2 Å². The second-order valence-electron chi connectivity index (χ2n) is 6.25. The van der Waals surface area contributed by atoms with Crippen molar-refractivity contribution in [1.29, 1.82) is 0 Å². The molecule has 1 heterocycles. The molecule has 0 saturated carbocycles. The van der Waals surface area contributed by atoms with Gasteiger partial charge in [0.25, 0.3) is 0 Å². The molecule has 1 N–H and O–H groups in total. The van der Waals surface area contributed by atoms with Crippen LogP contribution >= 0.6 is 0 Å². The maximum atomic E-state index is 13.2. The van der Waals surface area contributed by atoms with Gasteiger partial charge in [-0.25, -0.2) is 4.39 Å². The smallest absolute Gasteiger partial charge is 0.227 e. The highest BCUT2D eigenvalue weighted by Crippen LogP contribution is 2.32. The molecule has 0 unspecified atom stereocenters. The van der Waals surface area contributed by atoms with Crippen LogP contribution in [0.15, 0.2) is 48.5 Å². The number of amides is 2. The van der Waals surface area contributed by atoms with Crippen molar-refractivity contribution in [3.05, 3.63) is 59.9 Å². The zero-order chi connectivity index (χ0) is 18.5. The van der Waals surface area contributed by atoms with Crippen LogP contribution < -0.4 is 15.0 Å². The highest BCUT2D eigenvalue weighted by atomic mass is 19.1. The third kappa shape index (κ3) is 4.02. The Labute approximate surface area is 151 Å². The van der Waals surface area contributed by atoms with Gasteiger partial charge in [0.05, 0.1) is 18.7 Å². The molecule has 1 aliphatic rings. The second kappa shape index (κ2) is 7.99. The molecule has 6 heteroatoms. The molecule has 26 heavy (non-hydrogen) atoms. The predicted octanol–water partition coefficient (Wildman–Crippen LogP) is 2.55. The van der Waals surface area contributed by atoms with Crippen LogP contribution in [0.1, 0.15) is 12.0 Å². The van der Waals surface area contributed by atoms with Crippen LogP contribution in [0.25, 0.3) is 0 Å². The van der Waals surface area contributed by atoms with E-state index in [-0.39, 0.29) is 24.1 Å². The number of para-hydroxylation sites is 2. The third-order valence-electron chi connectivity index (χ3n) is 4.47. The first-order valence-corrected chi connectivity index (χ1v) is 8.54. The second-order valence-corrected chi connectivity index (χ2v) is 6.25. The Morgan fingerprint density at radius 3 is 2.85 bits per heavy atom. The van der Waals surface area contributed by atoms with Crippen LogP contribution in [-0.2, 0) is 16.0 Å². The fourth-order valence-electron chi connectivity index (χ4n) is 3.14. The van der Waals surface area contributed by atoms with E-state index >= 15 is 0 Å². The van der Waals surface area contributed by atoms with Gasteiger partial charge in [-0.15, -0.1) is 0 Å². The average molecular weight is 356 g/mol. The summed E-state index contributed by atoms with van der Waals surface area (Å²) in [7, 11) is 1.55. The summed E-state index contributed by atoms with van der Waals surface area (Å²) < 4.78 is 18.5. The highest BCUT2D eigenvalue weighted by molar-refractivity contribution is 6.01. The number of benzene rings is 2. The van der Waals surface area contributed by atoms with E-state index in [4.69, 9.17) is 4.74 Å². The maximum absolute atomic E-state index is 13.2. The number of anilines is 1. The molecule has 1 atom stereocenters. The molecular weight excluding hydrogens is 335 g/mol. The quantitative estimate of drug-likeness (QED) is 0.865. The van der Waals surface area contributed by atoms with Crippen LogP contribution in [0.2, 0.25) is 0 Å². The van der Waals surface area contributed by atoms with Crippen LogP contribution in [0, 0.1) is 11.7 Å². The number of nitrogens with one attached hydrogen (secondary N) is 1. The number of methoxy groups -OCH3 is 1. The van der Waals surface area contributed by atoms with E-state index in [2.05, 4.69) is 5.32 Å². The minimum Gasteiger partial charge on any atom is -0.495 e. The van der Waals surface area contributed by atoms with Gasteiger partial charge in [0.2, 0.25) is 11.8 Å². The lowest BCUT2D eigenvalue weighted by Gasteiger charge is -2.19. The summed E-state index contributed by atoms with van der Waals surface area (Å²) in [5, 5.41) is 2.84. The Morgan fingerprint density at radius 1 is 1.27 bits per heavy atom. The van der Waals surface area contributed by atoms with Crippen molar-refractivity contribution in [3.8, 4) is 5.75 Å². The zero-order valence-corrected chi connectivity index (χ0v) is 14.6. The van der Waals surface area contributed by atoms with E-state index in [1.165, 1.54) is 12.1 Å². The van der Waals surface area contributed by atoms with Crippen molar-refractivity contribution in [1.82, 2.24) is 5.32 Å². The molecule has 0 radical (unpaired) electrons. The first kappa shape index (κ1) is 17.9. The fraction of sp³-hybridized carbons (Fsp3) is 0.300. The van der Waals surface area contributed by atoms with Gasteiger partial charge >= 0.3 is 0 Å². The fourth-order valence-corrected chi connectivity index (χ4v) is 3.14. The normalized spacial score (nSPS) is 16.6. The van der Waals surface area contributed by atoms with Crippen LogP contribution in [0.5, 0.6) is 5.75 Å². The number of rotatable bonds is 6. The molecule has 2 aromatic carbocycles. The molecule has 0 bridgehead atoms. The van der Waals surface area contributed by atoms with E-state index in [0.29, 0.717) is 30.9 Å². The Hall–Kier alpha value is -2.89. The summed E-state index contributed by atoms with van der Waals surface area (Å²) in [6.07, 6.45) is 0.713. The molecule has 2 amide bonds. The molecule has 0 spiro atoms. The van der Waals surface area contributed by atoms with Gasteiger partial charge in [-0.05, 0) is 36.2 Å². The van der Waals surface area contributed by atoms with Crippen molar-refractivity contribution in [2.24, 2.45) is 5.92 Å². The molecule has 0 aliphatic carbocycles. The maximum Gasteiger partial charge on any atom is 0.227 e. The number of carbonyl (C=O) groups is 2. The van der Waals surface area contributed by atoms with Crippen LogP contribution in [0.4, 0.5) is 10.1 Å². The van der Waals surface area contributed by atoms with Gasteiger partial charge in [0.15, 0.2) is 0 Å². The summed E-state index contributed by atoms with van der Waals surface area (Å²) in [5.41, 5.74) is 1.50. The number of halogens is 1. The zero-order valence-electron chi connectivity index (χ0n) is 14.6. The SMILES string of the molecule is COc1ccccc1N1C[C@H](C(=O)NCCc2cccc(F)c2)CC1=O. The van der Waals surface area contributed by atoms with E-state index in [0.717, 1.165) is 5.56 Å². The molecule has 5 nitrogen and oxygen atoms in total. The Kier molecular flexibility index (Phi) is 5.51. The van der Waals surface area contributed by atoms with Gasteiger partial charge in [0.1, 0.15) is 11.6 Å². The Balaban J connectivity index is 1.57. The number of nitrogens with zero attached hydrogens (tertiary/aromatic N) is 1. The van der Waals surface area contributed by atoms with Gasteiger partial charge in [-0.3, -0.25) is 9.59 Å². The average Bonchev–Trinajstić information content (AvgIpc) is 3.03. The monoisotopic (exact) mass is 356 g/mol. The molecule has 136 valence electrons. The van der Waals surface area contributed by atoms with Gasteiger partial charge in [-0.2, -0.15) is 0 Å². The lowest BCUT2D eigenvalue weighted by Crippen LogP contribution is -2.34. The van der Waals surface area contributed by atoms with E-state index < -0.39 is 5.92 Å². The standard InChI is InChI=1S/C20H21FN2O3/c1-26-18-8-3-2-7-17(18)23-13-15(12-19(23)24)20(25)22-10-9-14-5-4-6-16(21)11-14/h2-8,11,15H,9-10,12-13H2,1H3,(H,22,25)/t15-/m1/s1. The first-order chi connectivity index (χ1) is 12.6. The molecule has 1 fully saturated rings. The largest absolute Gasteiger partial charge is 0.495 e. The third-order valence-corrected chi connectivity index (χ3v) is 4.47. The van der Waals surface area contributed by atoms with E-state index in [9.17, 15) is 14.0 Å². The molecular formula is C20H21FN2O3. The highest BCUT2D eigenvalue weighted by Gasteiger charge is 2.36. The minimum absolute atomic E-state index is 0.0974. The number of carbonyl (C=O) groups excluding carboxylic acids is 2. The predicted molar refractivity (Wildman–Crippen MR) is 96.6 cm³/mol. The van der Waals surface area contributed by atoms with Crippen LogP contribution in [-0.4, -0.2) is 32.0 Å². The summed E-state index contributed by atoms with van der Waals surface area (Å²) in [5.74, 6) is -0.345. The molecule has 2 aromatic rings. The molecule has 3 rings (SSSR count). The summed E-state index contributed by atoms with van der Waals surface area (Å²) in [4.78, 5) is 26.3. The lowest BCUT2D eigenvalue weighted by molar-refractivity contribution is -0.126. The number of ether oxygens (including phenoxy) is 1. The van der Waals surface area contributed by atoms with Gasteiger partial charge in [-0.1, -0.05) is 24.3 Å². The van der Waals surface area contributed by atoms with Crippen molar-refractivity contribution in [3.63, 3.8) is 0 Å². The molecule has 0 aromatic heterocycles. The van der Waals surface area contributed by atoms with Crippen LogP contribution in [0.3, 0.4) is 0 Å². The Bertz CT molecular complexity index is 809. The Morgan fingerprint density at radius 2 is 2.08 bits per heavy atom. The van der Waals surface area contributed by atoms with Gasteiger partial charge in [0, 0.05) is 19.5 Å². The van der Waals surface area contributed by atoms with Gasteiger partial charge < -0.3 is 15.0 Å². The molecule has 1 saturated heterocycles. The number of hydrogen-bond donors (Lipinski definition) is 1. The number of hydrogen-bond acceptors (Lipinski definition) is 3. The first-order valence-electron chi connectivity index (χ1n) is 8.54. The topological polar surface area (TPSA) is 58.6 Å². The molecule has 1 aliphatic heterocycles. The lowest BCUT2D eigenvalue weighted by atomic mass is 10.1. The van der Waals surface area contributed by atoms with Crippen molar-refractivity contribution in [2.45, 2.75) is 12.8 Å². The minimum atomic E-state index is -0.403. The van der Waals surface area contributed by atoms with E-state index in [1.807, 2.05) is 18.2 Å². The van der Waals surface area contributed by atoms with Crippen molar-refractivity contribution in [2.75, 3.05) is 25.1 Å².